The molecule has 4 saturated heterocycles. The van der Waals surface area contributed by atoms with Crippen molar-refractivity contribution >= 4 is 29.3 Å². The number of nitrogens with one attached hydrogen (secondary N) is 1. The number of Topliss-reactive ketones (excluding diaryl/α,β-unsaturated/α-hetero) is 1. The average molecular weight is 555 g/mol. The van der Waals surface area contributed by atoms with Crippen LogP contribution in [-0.4, -0.2) is 134 Å². The van der Waals surface area contributed by atoms with E-state index in [-0.39, 0.29) is 42.1 Å². The molecule has 11 heteroatoms. The monoisotopic (exact) mass is 554 g/mol. The topological polar surface area (TPSA) is 106 Å². The van der Waals surface area contributed by atoms with Crippen molar-refractivity contribution in [1.29, 1.82) is 0 Å². The zero-order valence-electron chi connectivity index (χ0n) is 23.9. The minimum atomic E-state index is -0.750. The van der Waals surface area contributed by atoms with E-state index in [1.165, 1.54) is 0 Å². The summed E-state index contributed by atoms with van der Waals surface area (Å²) < 4.78 is 5.42. The van der Waals surface area contributed by atoms with Crippen LogP contribution in [0.4, 0.5) is 10.5 Å². The van der Waals surface area contributed by atoms with Gasteiger partial charge in [-0.05, 0) is 50.1 Å². The van der Waals surface area contributed by atoms with Gasteiger partial charge in [-0.25, -0.2) is 4.79 Å². The molecule has 3 unspecified atom stereocenters. The lowest BCUT2D eigenvalue weighted by molar-refractivity contribution is -0.138. The van der Waals surface area contributed by atoms with Crippen molar-refractivity contribution < 1.29 is 23.9 Å². The molecule has 0 saturated carbocycles. The number of ether oxygens (including phenoxy) is 1. The van der Waals surface area contributed by atoms with E-state index >= 15 is 0 Å². The number of amides is 4. The zero-order chi connectivity index (χ0) is 28.4. The van der Waals surface area contributed by atoms with Gasteiger partial charge in [0.1, 0.15) is 12.1 Å². The number of fused-ring (bicyclic) bond motifs is 1. The van der Waals surface area contributed by atoms with E-state index in [9.17, 15) is 19.2 Å². The number of likely N-dealkylation sites (N-methyl/N-ethyl adjacent to an activating group) is 1. The molecule has 0 radical (unpaired) electrons. The number of hydrogen-bond donors (Lipinski definition) is 1. The summed E-state index contributed by atoms with van der Waals surface area (Å²) in [6.07, 6.45) is 1.02. The number of benzene rings is 1. The van der Waals surface area contributed by atoms with Gasteiger partial charge in [0.25, 0.3) is 5.91 Å². The highest BCUT2D eigenvalue weighted by Crippen LogP contribution is 2.31. The molecule has 4 amide bonds. The van der Waals surface area contributed by atoms with E-state index in [4.69, 9.17) is 4.74 Å². The average Bonchev–Trinajstić information content (AvgIpc) is 3.54. The quantitative estimate of drug-likeness (QED) is 0.557. The first-order valence-corrected chi connectivity index (χ1v) is 14.5. The summed E-state index contributed by atoms with van der Waals surface area (Å²) in [5.74, 6) is -0.507. The molecule has 0 bridgehead atoms. The summed E-state index contributed by atoms with van der Waals surface area (Å²) in [5, 5.41) is 2.96. The molecule has 40 heavy (non-hydrogen) atoms. The Labute approximate surface area is 236 Å². The summed E-state index contributed by atoms with van der Waals surface area (Å²) in [6, 6.07) is 5.59. The smallest absolute Gasteiger partial charge is 0.320 e. The first-order valence-electron chi connectivity index (χ1n) is 14.5. The van der Waals surface area contributed by atoms with E-state index < -0.39 is 12.1 Å². The number of rotatable bonds is 6. The fraction of sp³-hybridized carbons (Fsp3) is 0.655. The third kappa shape index (κ3) is 5.95. The van der Waals surface area contributed by atoms with Crippen molar-refractivity contribution in [3.8, 4) is 0 Å². The summed E-state index contributed by atoms with van der Waals surface area (Å²) >= 11 is 0. The van der Waals surface area contributed by atoms with Gasteiger partial charge in [-0.2, -0.15) is 0 Å². The lowest BCUT2D eigenvalue weighted by atomic mass is 10.0. The molecule has 1 aromatic carbocycles. The van der Waals surface area contributed by atoms with Gasteiger partial charge in [0, 0.05) is 57.1 Å². The predicted octanol–water partition coefficient (Wildman–Crippen LogP) is 0.889. The molecule has 0 aliphatic carbocycles. The number of carbonyl (C=O) groups excluding carboxylic acids is 4. The molecular formula is C29H42N6O5. The van der Waals surface area contributed by atoms with Crippen molar-refractivity contribution in [2.45, 2.75) is 44.8 Å². The second-order valence-corrected chi connectivity index (χ2v) is 11.8. The van der Waals surface area contributed by atoms with Crippen LogP contribution in [0.1, 0.15) is 37.0 Å². The Morgan fingerprint density at radius 2 is 1.62 bits per heavy atom. The summed E-state index contributed by atoms with van der Waals surface area (Å²) in [5.41, 5.74) is 1.52. The summed E-state index contributed by atoms with van der Waals surface area (Å²) in [7, 11) is 2.03. The number of hydrogen-bond acceptors (Lipinski definition) is 7. The van der Waals surface area contributed by atoms with Crippen LogP contribution < -0.4 is 10.2 Å². The number of piperazine rings is 1. The van der Waals surface area contributed by atoms with Crippen LogP contribution in [0.5, 0.6) is 0 Å². The number of anilines is 1. The Hall–Kier alpha value is -3.18. The number of urea groups is 1. The molecule has 4 aliphatic rings. The van der Waals surface area contributed by atoms with Crippen LogP contribution in [0.3, 0.4) is 0 Å². The minimum absolute atomic E-state index is 0.0288. The van der Waals surface area contributed by atoms with Gasteiger partial charge in [0.15, 0.2) is 5.78 Å². The molecule has 218 valence electrons. The van der Waals surface area contributed by atoms with Gasteiger partial charge in [-0.1, -0.05) is 13.8 Å². The summed E-state index contributed by atoms with van der Waals surface area (Å²) in [6.45, 7) is 10.3. The molecule has 11 nitrogen and oxygen atoms in total. The van der Waals surface area contributed by atoms with Gasteiger partial charge in [-0.15, -0.1) is 0 Å². The fourth-order valence-corrected chi connectivity index (χ4v) is 6.29. The van der Waals surface area contributed by atoms with E-state index in [1.54, 1.807) is 21.9 Å². The standard InChI is InChI=1S/C29H42N6O5/c1-20(2)18-23(30-27(37)21-4-6-22(7-5-21)32-14-16-40-17-15-32)28(38)34-9-8-24-26(34)25(36)19-35(24)29(39)33-12-10-31(3)11-13-33/h4-7,20,23-24,26H,8-19H2,1-3H3,(H,30,37). The maximum Gasteiger partial charge on any atom is 0.320 e. The maximum atomic E-state index is 13.8. The Kier molecular flexibility index (Phi) is 8.60. The molecule has 1 aromatic rings. The van der Waals surface area contributed by atoms with Crippen LogP contribution in [0.25, 0.3) is 0 Å². The van der Waals surface area contributed by atoms with Crippen molar-refractivity contribution in [3.05, 3.63) is 29.8 Å². The van der Waals surface area contributed by atoms with E-state index in [2.05, 4.69) is 15.1 Å². The largest absolute Gasteiger partial charge is 0.378 e. The fourth-order valence-electron chi connectivity index (χ4n) is 6.29. The molecule has 4 aliphatic heterocycles. The van der Waals surface area contributed by atoms with Gasteiger partial charge in [-0.3, -0.25) is 14.4 Å². The van der Waals surface area contributed by atoms with Crippen LogP contribution >= 0.6 is 0 Å². The first-order chi connectivity index (χ1) is 19.2. The maximum absolute atomic E-state index is 13.8. The first kappa shape index (κ1) is 28.4. The molecule has 0 aromatic heterocycles. The molecule has 1 N–H and O–H groups in total. The Morgan fingerprint density at radius 3 is 2.27 bits per heavy atom. The van der Waals surface area contributed by atoms with Crippen LogP contribution in [0.2, 0.25) is 0 Å². The second-order valence-electron chi connectivity index (χ2n) is 11.8. The van der Waals surface area contributed by atoms with E-state index in [0.29, 0.717) is 51.3 Å². The Balaban J connectivity index is 1.25. The van der Waals surface area contributed by atoms with Gasteiger partial charge in [0.05, 0.1) is 25.8 Å². The minimum Gasteiger partial charge on any atom is -0.378 e. The number of likely N-dealkylation sites (tertiary alicyclic amines) is 2. The highest BCUT2D eigenvalue weighted by molar-refractivity contribution is 6.00. The lowest BCUT2D eigenvalue weighted by Crippen LogP contribution is -2.54. The number of carbonyl (C=O) groups is 4. The van der Waals surface area contributed by atoms with Crippen LogP contribution in [-0.2, 0) is 14.3 Å². The normalized spacial score (nSPS) is 24.4. The third-order valence-electron chi connectivity index (χ3n) is 8.54. The van der Waals surface area contributed by atoms with Gasteiger partial charge in [0.2, 0.25) is 5.91 Å². The molecule has 3 atom stereocenters. The van der Waals surface area contributed by atoms with Crippen molar-refractivity contribution in [3.63, 3.8) is 0 Å². The van der Waals surface area contributed by atoms with Crippen molar-refractivity contribution in [2.75, 3.05) is 77.5 Å². The second kappa shape index (κ2) is 12.1. The predicted molar refractivity (Wildman–Crippen MR) is 150 cm³/mol. The molecule has 4 heterocycles. The molecule has 5 rings (SSSR count). The lowest BCUT2D eigenvalue weighted by Gasteiger charge is -2.36. The molecule has 4 fully saturated rings. The summed E-state index contributed by atoms with van der Waals surface area (Å²) in [4.78, 5) is 63.0. The highest BCUT2D eigenvalue weighted by Gasteiger charge is 2.53. The van der Waals surface area contributed by atoms with Crippen molar-refractivity contribution in [1.82, 2.24) is 24.9 Å². The van der Waals surface area contributed by atoms with Crippen LogP contribution in [0.15, 0.2) is 24.3 Å². The molecular weight excluding hydrogens is 512 g/mol. The van der Waals surface area contributed by atoms with Gasteiger partial charge < -0.3 is 34.6 Å². The zero-order valence-corrected chi connectivity index (χ0v) is 23.9. The van der Waals surface area contributed by atoms with Gasteiger partial charge >= 0.3 is 6.03 Å². The Bertz CT molecular complexity index is 1100. The van der Waals surface area contributed by atoms with Crippen molar-refractivity contribution in [2.24, 2.45) is 5.92 Å². The van der Waals surface area contributed by atoms with E-state index in [1.807, 2.05) is 37.9 Å². The third-order valence-corrected chi connectivity index (χ3v) is 8.54. The molecule has 0 spiro atoms. The SMILES string of the molecule is CC(C)CC(NC(=O)c1ccc(N2CCOCC2)cc1)C(=O)N1CCC2C1C(=O)CN2C(=O)N1CCN(C)CC1. The number of morpholine rings is 1. The Morgan fingerprint density at radius 1 is 0.950 bits per heavy atom. The van der Waals surface area contributed by atoms with Crippen LogP contribution in [0, 0.1) is 5.92 Å². The number of nitrogens with zero attached hydrogens (tertiary/aromatic N) is 5. The highest BCUT2D eigenvalue weighted by atomic mass is 16.5. The van der Waals surface area contributed by atoms with E-state index in [0.717, 1.165) is 31.9 Å². The number of ketones is 1.